The molecule has 0 unspecified atom stereocenters. The van der Waals surface area contributed by atoms with E-state index in [0.717, 1.165) is 29.2 Å². The zero-order valence-electron chi connectivity index (χ0n) is 16.7. The predicted molar refractivity (Wildman–Crippen MR) is 123 cm³/mol. The number of aryl methyl sites for hydroxylation is 1. The van der Waals surface area contributed by atoms with E-state index < -0.39 is 10.0 Å². The van der Waals surface area contributed by atoms with Gasteiger partial charge in [0.05, 0.1) is 11.4 Å². The van der Waals surface area contributed by atoms with E-state index in [1.54, 1.807) is 36.4 Å². The van der Waals surface area contributed by atoms with Gasteiger partial charge in [-0.25, -0.2) is 8.42 Å². The number of nitrogens with one attached hydrogen (secondary N) is 1. The molecule has 1 heterocycles. The Bertz CT molecular complexity index is 1200. The third kappa shape index (κ3) is 4.02. The summed E-state index contributed by atoms with van der Waals surface area (Å²) in [4.78, 5) is 12.8. The predicted octanol–water partition coefficient (Wildman–Crippen LogP) is 5.37. The van der Waals surface area contributed by atoms with Gasteiger partial charge < -0.3 is 5.32 Å². The van der Waals surface area contributed by atoms with Gasteiger partial charge in [0.15, 0.2) is 0 Å². The molecule has 5 nitrogen and oxygen atoms in total. The molecule has 0 spiro atoms. The van der Waals surface area contributed by atoms with Crippen LogP contribution in [0.3, 0.4) is 0 Å². The Kier molecular flexibility index (Phi) is 5.71. The summed E-state index contributed by atoms with van der Waals surface area (Å²) in [6, 6.07) is 16.1. The molecule has 0 bridgehead atoms. The molecule has 4 rings (SSSR count). The third-order valence-corrected chi connectivity index (χ3v) is 7.65. The second-order valence-electron chi connectivity index (χ2n) is 7.54. The van der Waals surface area contributed by atoms with Crippen LogP contribution in [0.15, 0.2) is 54.6 Å². The maximum Gasteiger partial charge on any atom is 0.255 e. The van der Waals surface area contributed by atoms with Crippen LogP contribution in [0.5, 0.6) is 0 Å². The molecule has 0 radical (unpaired) electrons. The minimum absolute atomic E-state index is 0.165. The van der Waals surface area contributed by atoms with Crippen LogP contribution in [-0.4, -0.2) is 26.6 Å². The minimum Gasteiger partial charge on any atom is -0.321 e. The van der Waals surface area contributed by atoms with E-state index in [2.05, 4.69) is 5.32 Å². The van der Waals surface area contributed by atoms with Crippen molar-refractivity contribution in [1.82, 2.24) is 0 Å². The molecule has 3 aromatic rings. The first kappa shape index (κ1) is 20.7. The average molecular weight is 443 g/mol. The van der Waals surface area contributed by atoms with Crippen LogP contribution in [0.2, 0.25) is 5.02 Å². The largest absolute Gasteiger partial charge is 0.321 e. The van der Waals surface area contributed by atoms with Crippen molar-refractivity contribution in [2.24, 2.45) is 0 Å². The normalized spacial score (nSPS) is 16.3. The van der Waals surface area contributed by atoms with Gasteiger partial charge in [-0.05, 0) is 61.7 Å². The third-order valence-electron chi connectivity index (χ3n) is 5.46. The molecule has 1 amide bonds. The molecule has 0 atom stereocenters. The van der Waals surface area contributed by atoms with Gasteiger partial charge in [0, 0.05) is 33.6 Å². The number of anilines is 2. The minimum atomic E-state index is -3.31. The molecule has 0 aromatic heterocycles. The zero-order chi connectivity index (χ0) is 21.3. The summed E-state index contributed by atoms with van der Waals surface area (Å²) < 4.78 is 26.4. The molecule has 0 aliphatic carbocycles. The molecule has 0 saturated carbocycles. The molecule has 7 heteroatoms. The van der Waals surface area contributed by atoms with Crippen molar-refractivity contribution >= 4 is 49.7 Å². The van der Waals surface area contributed by atoms with Crippen LogP contribution in [0, 0.1) is 6.92 Å². The average Bonchev–Trinajstić information content (AvgIpc) is 2.90. The number of carbonyl (C=O) groups excluding carboxylic acids is 1. The van der Waals surface area contributed by atoms with Gasteiger partial charge in [0.25, 0.3) is 5.91 Å². The first-order valence-electron chi connectivity index (χ1n) is 9.96. The Hall–Kier alpha value is -2.57. The number of halogens is 1. The number of amides is 1. The Balaban J connectivity index is 1.59. The topological polar surface area (TPSA) is 66.5 Å². The summed E-state index contributed by atoms with van der Waals surface area (Å²) in [6.45, 7) is 2.46. The number of hydrogen-bond acceptors (Lipinski definition) is 3. The standard InChI is InChI=1S/C23H23ClN2O3S/c1-16-6-5-7-19-21(13-12-20(24)22(16)19)25-23(27)17-8-10-18(11-9-17)26-14-3-2-4-15-30(26,28)29/h5-13H,2-4,14-15H2,1H3,(H,25,27). The second kappa shape index (κ2) is 8.28. The van der Waals surface area contributed by atoms with Crippen molar-refractivity contribution in [1.29, 1.82) is 0 Å². The first-order valence-corrected chi connectivity index (χ1v) is 12.0. The number of carbonyl (C=O) groups is 1. The SMILES string of the molecule is Cc1cccc2c(NC(=O)c3ccc(N4CCCCCS4(=O)=O)cc3)ccc(Cl)c12. The summed E-state index contributed by atoms with van der Waals surface area (Å²) in [5.74, 6) is -0.0939. The van der Waals surface area contributed by atoms with Gasteiger partial charge in [-0.2, -0.15) is 0 Å². The van der Waals surface area contributed by atoms with Gasteiger partial charge in [-0.15, -0.1) is 0 Å². The van der Waals surface area contributed by atoms with Crippen molar-refractivity contribution in [3.63, 3.8) is 0 Å². The molecule has 1 aliphatic heterocycles. The van der Waals surface area contributed by atoms with Gasteiger partial charge >= 0.3 is 0 Å². The van der Waals surface area contributed by atoms with Gasteiger partial charge in [0.1, 0.15) is 0 Å². The van der Waals surface area contributed by atoms with E-state index in [1.165, 1.54) is 4.31 Å². The molecule has 1 saturated heterocycles. The fourth-order valence-electron chi connectivity index (χ4n) is 3.88. The lowest BCUT2D eigenvalue weighted by atomic mass is 10.0. The lowest BCUT2D eigenvalue weighted by Crippen LogP contribution is -2.32. The number of hydrogen-bond donors (Lipinski definition) is 1. The Morgan fingerprint density at radius 3 is 2.53 bits per heavy atom. The van der Waals surface area contributed by atoms with Crippen molar-refractivity contribution in [2.75, 3.05) is 21.9 Å². The van der Waals surface area contributed by atoms with Gasteiger partial charge in [0.2, 0.25) is 10.0 Å². The van der Waals surface area contributed by atoms with E-state index in [4.69, 9.17) is 11.6 Å². The molecular weight excluding hydrogens is 420 g/mol. The highest BCUT2D eigenvalue weighted by Crippen LogP contribution is 2.32. The van der Waals surface area contributed by atoms with E-state index in [0.29, 0.717) is 34.9 Å². The molecule has 156 valence electrons. The molecule has 1 N–H and O–H groups in total. The van der Waals surface area contributed by atoms with Crippen LogP contribution in [0.4, 0.5) is 11.4 Å². The maximum atomic E-state index is 12.8. The van der Waals surface area contributed by atoms with Crippen molar-refractivity contribution in [3.8, 4) is 0 Å². The quantitative estimate of drug-likeness (QED) is 0.592. The maximum absolute atomic E-state index is 12.8. The summed E-state index contributed by atoms with van der Waals surface area (Å²) >= 11 is 6.35. The summed E-state index contributed by atoms with van der Waals surface area (Å²) in [7, 11) is -3.31. The zero-order valence-corrected chi connectivity index (χ0v) is 18.3. The highest BCUT2D eigenvalue weighted by Gasteiger charge is 2.24. The molecule has 3 aromatic carbocycles. The number of benzene rings is 3. The van der Waals surface area contributed by atoms with E-state index >= 15 is 0 Å². The lowest BCUT2D eigenvalue weighted by Gasteiger charge is -2.22. The lowest BCUT2D eigenvalue weighted by molar-refractivity contribution is 0.102. The fourth-order valence-corrected chi connectivity index (χ4v) is 5.83. The molecule has 1 aliphatic rings. The second-order valence-corrected chi connectivity index (χ2v) is 9.96. The molecule has 30 heavy (non-hydrogen) atoms. The van der Waals surface area contributed by atoms with E-state index in [-0.39, 0.29) is 11.7 Å². The summed E-state index contributed by atoms with van der Waals surface area (Å²) in [5.41, 5.74) is 2.78. The molecule has 1 fully saturated rings. The van der Waals surface area contributed by atoms with E-state index in [9.17, 15) is 13.2 Å². The van der Waals surface area contributed by atoms with Crippen LogP contribution in [0.25, 0.3) is 10.8 Å². The summed E-state index contributed by atoms with van der Waals surface area (Å²) in [5, 5.41) is 5.39. The van der Waals surface area contributed by atoms with E-state index in [1.807, 2.05) is 25.1 Å². The van der Waals surface area contributed by atoms with Crippen LogP contribution in [-0.2, 0) is 10.0 Å². The van der Waals surface area contributed by atoms with Crippen LogP contribution >= 0.6 is 11.6 Å². The number of sulfonamides is 1. The molecular formula is C23H23ClN2O3S. The Labute approximate surface area is 181 Å². The summed E-state index contributed by atoms with van der Waals surface area (Å²) in [6.07, 6.45) is 2.43. The fraction of sp³-hybridized carbons (Fsp3) is 0.261. The highest BCUT2D eigenvalue weighted by atomic mass is 35.5. The number of rotatable bonds is 3. The monoisotopic (exact) mass is 442 g/mol. The van der Waals surface area contributed by atoms with Gasteiger partial charge in [-0.3, -0.25) is 9.10 Å². The van der Waals surface area contributed by atoms with Crippen LogP contribution in [0.1, 0.15) is 35.2 Å². The number of nitrogens with zero attached hydrogens (tertiary/aromatic N) is 1. The smallest absolute Gasteiger partial charge is 0.255 e. The van der Waals surface area contributed by atoms with Crippen LogP contribution < -0.4 is 9.62 Å². The number of fused-ring (bicyclic) bond motifs is 1. The highest BCUT2D eigenvalue weighted by molar-refractivity contribution is 7.92. The van der Waals surface area contributed by atoms with Crippen molar-refractivity contribution < 1.29 is 13.2 Å². The first-order chi connectivity index (χ1) is 14.4. The van der Waals surface area contributed by atoms with Crippen molar-refractivity contribution in [3.05, 3.63) is 70.7 Å². The Morgan fingerprint density at radius 1 is 1.00 bits per heavy atom. The van der Waals surface area contributed by atoms with Crippen molar-refractivity contribution in [2.45, 2.75) is 26.2 Å². The van der Waals surface area contributed by atoms with Gasteiger partial charge in [-0.1, -0.05) is 36.2 Å². The Morgan fingerprint density at radius 2 is 1.77 bits per heavy atom.